The molecule has 166 valence electrons. The van der Waals surface area contributed by atoms with Gasteiger partial charge in [-0.1, -0.05) is 20.8 Å². The summed E-state index contributed by atoms with van der Waals surface area (Å²) in [5, 5.41) is 41.7. The van der Waals surface area contributed by atoms with Crippen LogP contribution in [0, 0.1) is 46.3 Å². The number of hydrogen-bond donors (Lipinski definition) is 4. The Balaban J connectivity index is 1.59. The van der Waals surface area contributed by atoms with Crippen LogP contribution in [0.25, 0.3) is 0 Å². The Kier molecular flexibility index (Phi) is 5.57. The fourth-order valence-electron chi connectivity index (χ4n) is 8.77. The van der Waals surface area contributed by atoms with E-state index in [0.717, 1.165) is 44.9 Å². The molecule has 4 aliphatic rings. The Bertz CT molecular complexity index is 637. The van der Waals surface area contributed by atoms with Crippen LogP contribution >= 0.6 is 0 Å². The van der Waals surface area contributed by atoms with Gasteiger partial charge in [0.25, 0.3) is 0 Å². The summed E-state index contributed by atoms with van der Waals surface area (Å²) in [6, 6.07) is 0. The largest absolute Gasteiger partial charge is 0.481 e. The average Bonchev–Trinajstić information content (AvgIpc) is 3.02. The average molecular weight is 409 g/mol. The van der Waals surface area contributed by atoms with Crippen molar-refractivity contribution < 1.29 is 25.2 Å². The molecule has 0 bridgehead atoms. The summed E-state index contributed by atoms with van der Waals surface area (Å²) in [7, 11) is 0. The van der Waals surface area contributed by atoms with E-state index in [1.54, 1.807) is 0 Å². The standard InChI is InChI=1S/C24H40O5/c1-13(4-7-19(26)27)15-5-6-16-20-17(9-11-23(15,16)2)24(3)10-8-14(25)12-18(24)21(28)22(20)29/h13-18,20-22,25,28-29H,4-12H2,1-3H3,(H,26,27)/t13?,14?,15-,16+,17+,18-,20-,21?,22?,23+,24-/m0/s1. The van der Waals surface area contributed by atoms with Crippen LogP contribution in [-0.2, 0) is 4.79 Å². The van der Waals surface area contributed by atoms with Gasteiger partial charge in [-0.15, -0.1) is 0 Å². The maximum absolute atomic E-state index is 11.3. The van der Waals surface area contributed by atoms with Crippen molar-refractivity contribution in [2.75, 3.05) is 0 Å². The molecule has 0 aromatic rings. The number of carbonyl (C=O) groups is 1. The molecular formula is C24H40O5. The Hall–Kier alpha value is -0.650. The molecule has 0 spiro atoms. The summed E-state index contributed by atoms with van der Waals surface area (Å²) >= 11 is 0. The van der Waals surface area contributed by atoms with Crippen molar-refractivity contribution in [3.63, 3.8) is 0 Å². The van der Waals surface area contributed by atoms with Crippen molar-refractivity contribution in [1.29, 1.82) is 0 Å². The summed E-state index contributed by atoms with van der Waals surface area (Å²) in [6.45, 7) is 6.89. The number of hydrogen-bond acceptors (Lipinski definition) is 4. The second-order valence-corrected chi connectivity index (χ2v) is 11.5. The molecule has 4 rings (SSSR count). The molecule has 4 N–H and O–H groups in total. The minimum Gasteiger partial charge on any atom is -0.481 e. The molecule has 0 aromatic heterocycles. The Labute approximate surface area is 174 Å². The lowest BCUT2D eigenvalue weighted by atomic mass is 9.43. The van der Waals surface area contributed by atoms with E-state index >= 15 is 0 Å². The lowest BCUT2D eigenvalue weighted by Gasteiger charge is -2.63. The highest BCUT2D eigenvalue weighted by Crippen LogP contribution is 2.68. The lowest BCUT2D eigenvalue weighted by Crippen LogP contribution is -2.64. The highest BCUT2D eigenvalue weighted by Gasteiger charge is 2.65. The number of carboxylic acids is 1. The van der Waals surface area contributed by atoms with Crippen molar-refractivity contribution in [3.8, 4) is 0 Å². The predicted molar refractivity (Wildman–Crippen MR) is 110 cm³/mol. The molecule has 0 radical (unpaired) electrons. The van der Waals surface area contributed by atoms with Gasteiger partial charge in [-0.05, 0) is 97.7 Å². The minimum absolute atomic E-state index is 0.00309. The second-order valence-electron chi connectivity index (χ2n) is 11.5. The van der Waals surface area contributed by atoms with Crippen molar-refractivity contribution >= 4 is 5.97 Å². The van der Waals surface area contributed by atoms with Gasteiger partial charge in [0.05, 0.1) is 18.3 Å². The first-order valence-electron chi connectivity index (χ1n) is 11.9. The Morgan fingerprint density at radius 2 is 1.59 bits per heavy atom. The van der Waals surface area contributed by atoms with E-state index in [1.165, 1.54) is 0 Å². The Morgan fingerprint density at radius 1 is 0.931 bits per heavy atom. The van der Waals surface area contributed by atoms with Crippen molar-refractivity contribution in [2.45, 2.75) is 96.9 Å². The van der Waals surface area contributed by atoms with Gasteiger partial charge in [0.1, 0.15) is 0 Å². The highest BCUT2D eigenvalue weighted by atomic mass is 16.4. The zero-order chi connectivity index (χ0) is 21.1. The number of aliphatic hydroxyl groups excluding tert-OH is 3. The summed E-state index contributed by atoms with van der Waals surface area (Å²) in [5.41, 5.74) is 0.119. The predicted octanol–water partition coefficient (Wildman–Crippen LogP) is 3.45. The van der Waals surface area contributed by atoms with E-state index in [2.05, 4.69) is 20.8 Å². The molecule has 0 amide bonds. The summed E-state index contributed by atoms with van der Waals surface area (Å²) in [6.07, 6.45) is 5.87. The lowest BCUT2D eigenvalue weighted by molar-refractivity contribution is -0.223. The third kappa shape index (κ3) is 3.27. The van der Waals surface area contributed by atoms with Gasteiger partial charge in [-0.3, -0.25) is 4.79 Å². The van der Waals surface area contributed by atoms with Crippen LogP contribution in [0.4, 0.5) is 0 Å². The molecule has 0 aromatic carbocycles. The fourth-order valence-corrected chi connectivity index (χ4v) is 8.77. The quantitative estimate of drug-likeness (QED) is 0.571. The third-order valence-electron chi connectivity index (χ3n) is 10.3. The van der Waals surface area contributed by atoms with Crippen LogP contribution in [0.15, 0.2) is 0 Å². The zero-order valence-corrected chi connectivity index (χ0v) is 18.3. The summed E-state index contributed by atoms with van der Waals surface area (Å²) in [4.78, 5) is 11.1. The van der Waals surface area contributed by atoms with E-state index in [9.17, 15) is 20.1 Å². The van der Waals surface area contributed by atoms with E-state index in [0.29, 0.717) is 30.1 Å². The minimum atomic E-state index is -0.748. The molecular weight excluding hydrogens is 368 g/mol. The van der Waals surface area contributed by atoms with Crippen LogP contribution in [-0.4, -0.2) is 44.7 Å². The first kappa shape index (κ1) is 21.6. The monoisotopic (exact) mass is 408 g/mol. The molecule has 4 fully saturated rings. The third-order valence-corrected chi connectivity index (χ3v) is 10.3. The van der Waals surface area contributed by atoms with Gasteiger partial charge in [0.15, 0.2) is 0 Å². The van der Waals surface area contributed by atoms with Crippen molar-refractivity contribution in [2.24, 2.45) is 46.3 Å². The van der Waals surface area contributed by atoms with E-state index in [1.807, 2.05) is 0 Å². The van der Waals surface area contributed by atoms with E-state index in [4.69, 9.17) is 5.11 Å². The summed E-state index contributed by atoms with van der Waals surface area (Å²) in [5.74, 6) is 1.06. The summed E-state index contributed by atoms with van der Waals surface area (Å²) < 4.78 is 0. The molecule has 5 nitrogen and oxygen atoms in total. The van der Waals surface area contributed by atoms with Crippen LogP contribution in [0.2, 0.25) is 0 Å². The van der Waals surface area contributed by atoms with Gasteiger partial charge in [0.2, 0.25) is 0 Å². The molecule has 0 saturated heterocycles. The molecule has 0 aliphatic heterocycles. The number of aliphatic hydroxyl groups is 3. The first-order chi connectivity index (χ1) is 13.6. The van der Waals surface area contributed by atoms with E-state index in [-0.39, 0.29) is 35.2 Å². The molecule has 4 saturated carbocycles. The van der Waals surface area contributed by atoms with Crippen molar-refractivity contribution in [1.82, 2.24) is 0 Å². The number of aliphatic carboxylic acids is 1. The van der Waals surface area contributed by atoms with Gasteiger partial charge < -0.3 is 20.4 Å². The van der Waals surface area contributed by atoms with Gasteiger partial charge >= 0.3 is 5.97 Å². The second kappa shape index (κ2) is 7.49. The van der Waals surface area contributed by atoms with Gasteiger partial charge in [-0.25, -0.2) is 0 Å². The van der Waals surface area contributed by atoms with Crippen LogP contribution in [0.1, 0.15) is 78.6 Å². The number of carboxylic acid groups (broad SMARTS) is 1. The smallest absolute Gasteiger partial charge is 0.303 e. The highest BCUT2D eigenvalue weighted by molar-refractivity contribution is 5.66. The number of rotatable bonds is 4. The van der Waals surface area contributed by atoms with Crippen LogP contribution in [0.5, 0.6) is 0 Å². The topological polar surface area (TPSA) is 98.0 Å². The molecule has 29 heavy (non-hydrogen) atoms. The molecule has 5 heteroatoms. The van der Waals surface area contributed by atoms with E-state index < -0.39 is 18.2 Å². The van der Waals surface area contributed by atoms with Gasteiger partial charge in [-0.2, -0.15) is 0 Å². The SMILES string of the molecule is CC(CCC(=O)O)[C@@H]1CC[C@@H]2[C@@H]3C(O)C(O)[C@@H]4CC(O)CC[C@@]4(C)[C@@H]3CC[C@@]21C. The zero-order valence-electron chi connectivity index (χ0n) is 18.3. The normalized spacial score (nSPS) is 52.9. The molecule has 4 unspecified atom stereocenters. The van der Waals surface area contributed by atoms with Crippen LogP contribution < -0.4 is 0 Å². The fraction of sp³-hybridized carbons (Fsp3) is 0.958. The molecule has 4 aliphatic carbocycles. The maximum Gasteiger partial charge on any atom is 0.303 e. The Morgan fingerprint density at radius 3 is 2.28 bits per heavy atom. The van der Waals surface area contributed by atoms with Crippen LogP contribution in [0.3, 0.4) is 0 Å². The van der Waals surface area contributed by atoms with Crippen molar-refractivity contribution in [3.05, 3.63) is 0 Å². The molecule has 0 heterocycles. The maximum atomic E-state index is 11.3. The van der Waals surface area contributed by atoms with Gasteiger partial charge in [0, 0.05) is 6.42 Å². The number of fused-ring (bicyclic) bond motifs is 5. The first-order valence-corrected chi connectivity index (χ1v) is 11.9. The molecule has 11 atom stereocenters.